The number of rotatable bonds is 6. The van der Waals surface area contributed by atoms with E-state index in [0.717, 1.165) is 23.8 Å². The number of methoxy groups -OCH3 is 1. The molecule has 0 spiro atoms. The number of nitrogens with zero attached hydrogens (tertiary/aromatic N) is 5. The zero-order chi connectivity index (χ0) is 24.6. The standard InChI is InChI=1S/C23H23F2N7O2/c1-12-6-15(11-32-10-13(2)27-21(12)32)16-7-20(31-22(30-16)23(4,24)25)29-17-8-19(28-14(3)33)26-9-18(17)34-5/h6-11H,1-5H3,(H2,26,28,29,30,31,33). The summed E-state index contributed by atoms with van der Waals surface area (Å²) < 4.78 is 35.8. The van der Waals surface area contributed by atoms with Crippen LogP contribution in [0.4, 0.5) is 26.1 Å². The lowest BCUT2D eigenvalue weighted by Crippen LogP contribution is -2.14. The molecule has 11 heteroatoms. The second-order valence-corrected chi connectivity index (χ2v) is 7.95. The molecule has 176 valence electrons. The molecule has 0 bridgehead atoms. The fourth-order valence-electron chi connectivity index (χ4n) is 3.48. The topological polar surface area (TPSA) is 106 Å². The van der Waals surface area contributed by atoms with Gasteiger partial charge in [-0.25, -0.2) is 19.9 Å². The summed E-state index contributed by atoms with van der Waals surface area (Å²) in [5, 5.41) is 5.57. The minimum absolute atomic E-state index is 0.124. The number of carbonyl (C=O) groups excluding carboxylic acids is 1. The van der Waals surface area contributed by atoms with E-state index < -0.39 is 11.7 Å². The number of pyridine rings is 2. The molecule has 0 aromatic carbocycles. The number of halogens is 2. The molecule has 1 amide bonds. The van der Waals surface area contributed by atoms with Crippen molar-refractivity contribution in [2.24, 2.45) is 0 Å². The number of fused-ring (bicyclic) bond motifs is 1. The number of ether oxygens (including phenoxy) is 1. The van der Waals surface area contributed by atoms with Gasteiger partial charge < -0.3 is 19.8 Å². The number of alkyl halides is 2. The predicted molar refractivity (Wildman–Crippen MR) is 124 cm³/mol. The average molecular weight is 467 g/mol. The van der Waals surface area contributed by atoms with Gasteiger partial charge in [-0.05, 0) is 25.5 Å². The lowest BCUT2D eigenvalue weighted by Gasteiger charge is -2.16. The Morgan fingerprint density at radius 2 is 1.85 bits per heavy atom. The fraction of sp³-hybridized carbons (Fsp3) is 0.261. The number of amides is 1. The van der Waals surface area contributed by atoms with Crippen LogP contribution in [-0.4, -0.2) is 37.4 Å². The first kappa shape index (κ1) is 23.0. The van der Waals surface area contributed by atoms with Gasteiger partial charge in [0.2, 0.25) is 11.7 Å². The molecule has 0 aliphatic rings. The highest BCUT2D eigenvalue weighted by Gasteiger charge is 2.29. The number of anilines is 3. The molecule has 0 saturated heterocycles. The van der Waals surface area contributed by atoms with Gasteiger partial charge in [0.15, 0.2) is 5.75 Å². The number of carbonyl (C=O) groups is 1. The molecular formula is C23H23F2N7O2. The van der Waals surface area contributed by atoms with Gasteiger partial charge in [0.25, 0.3) is 0 Å². The maximum Gasteiger partial charge on any atom is 0.303 e. The first-order valence-electron chi connectivity index (χ1n) is 10.4. The van der Waals surface area contributed by atoms with Crippen molar-refractivity contribution in [1.82, 2.24) is 24.3 Å². The van der Waals surface area contributed by atoms with Crippen LogP contribution in [-0.2, 0) is 10.7 Å². The molecular weight excluding hydrogens is 444 g/mol. The van der Waals surface area contributed by atoms with Crippen LogP contribution in [0.5, 0.6) is 5.75 Å². The van der Waals surface area contributed by atoms with Crippen molar-refractivity contribution in [3.8, 4) is 17.0 Å². The Bertz CT molecular complexity index is 1400. The highest BCUT2D eigenvalue weighted by atomic mass is 19.3. The van der Waals surface area contributed by atoms with Crippen molar-refractivity contribution in [3.05, 3.63) is 53.9 Å². The third-order valence-corrected chi connectivity index (χ3v) is 4.92. The van der Waals surface area contributed by atoms with Crippen LogP contribution in [0.25, 0.3) is 16.9 Å². The van der Waals surface area contributed by atoms with Crippen LogP contribution < -0.4 is 15.4 Å². The first-order chi connectivity index (χ1) is 16.0. The third-order valence-electron chi connectivity index (χ3n) is 4.92. The van der Waals surface area contributed by atoms with Gasteiger partial charge >= 0.3 is 5.92 Å². The first-order valence-corrected chi connectivity index (χ1v) is 10.4. The van der Waals surface area contributed by atoms with Crippen LogP contribution in [0.3, 0.4) is 0 Å². The normalized spacial score (nSPS) is 11.5. The van der Waals surface area contributed by atoms with Gasteiger partial charge in [-0.3, -0.25) is 4.79 Å². The summed E-state index contributed by atoms with van der Waals surface area (Å²) >= 11 is 0. The Morgan fingerprint density at radius 3 is 2.53 bits per heavy atom. The summed E-state index contributed by atoms with van der Waals surface area (Å²) in [5.74, 6) is -3.49. The van der Waals surface area contributed by atoms with E-state index in [0.29, 0.717) is 22.7 Å². The largest absolute Gasteiger partial charge is 0.493 e. The van der Waals surface area contributed by atoms with E-state index in [1.54, 1.807) is 12.3 Å². The van der Waals surface area contributed by atoms with Gasteiger partial charge in [0.1, 0.15) is 17.3 Å². The Kier molecular flexibility index (Phi) is 5.86. The minimum atomic E-state index is -3.28. The quantitative estimate of drug-likeness (QED) is 0.426. The number of nitrogens with one attached hydrogen (secondary N) is 2. The Morgan fingerprint density at radius 1 is 1.09 bits per heavy atom. The lowest BCUT2D eigenvalue weighted by atomic mass is 10.1. The maximum absolute atomic E-state index is 14.3. The summed E-state index contributed by atoms with van der Waals surface area (Å²) in [6.07, 6.45) is 5.05. The third kappa shape index (κ3) is 4.77. The smallest absolute Gasteiger partial charge is 0.303 e. The summed E-state index contributed by atoms with van der Waals surface area (Å²) in [4.78, 5) is 28.1. The second kappa shape index (κ2) is 8.65. The Hall–Kier alpha value is -4.15. The number of aromatic nitrogens is 5. The van der Waals surface area contributed by atoms with Crippen molar-refractivity contribution < 1.29 is 18.3 Å². The van der Waals surface area contributed by atoms with Gasteiger partial charge in [-0.15, -0.1) is 0 Å². The van der Waals surface area contributed by atoms with E-state index in [2.05, 4.69) is 30.6 Å². The second-order valence-electron chi connectivity index (χ2n) is 7.95. The van der Waals surface area contributed by atoms with Crippen LogP contribution >= 0.6 is 0 Å². The summed E-state index contributed by atoms with van der Waals surface area (Å²) in [5.41, 5.74) is 3.81. The monoisotopic (exact) mass is 467 g/mol. The number of hydrogen-bond acceptors (Lipinski definition) is 7. The zero-order valence-corrected chi connectivity index (χ0v) is 19.3. The number of aryl methyl sites for hydroxylation is 2. The van der Waals surface area contributed by atoms with Crippen molar-refractivity contribution >= 4 is 28.9 Å². The summed E-state index contributed by atoms with van der Waals surface area (Å²) in [7, 11) is 1.45. The molecule has 0 saturated carbocycles. The number of imidazole rings is 1. The molecule has 0 aliphatic heterocycles. The molecule has 9 nitrogen and oxygen atoms in total. The molecule has 2 N–H and O–H groups in total. The van der Waals surface area contributed by atoms with Crippen molar-refractivity contribution in [2.45, 2.75) is 33.6 Å². The van der Waals surface area contributed by atoms with Crippen LogP contribution in [0, 0.1) is 13.8 Å². The van der Waals surface area contributed by atoms with Gasteiger partial charge in [0.05, 0.1) is 30.4 Å². The highest BCUT2D eigenvalue weighted by Crippen LogP contribution is 2.33. The van der Waals surface area contributed by atoms with Crippen LogP contribution in [0.2, 0.25) is 0 Å². The molecule has 4 rings (SSSR count). The Balaban J connectivity index is 1.82. The van der Waals surface area contributed by atoms with E-state index >= 15 is 0 Å². The van der Waals surface area contributed by atoms with Crippen LogP contribution in [0.15, 0.2) is 36.8 Å². The molecule has 4 aromatic rings. The summed E-state index contributed by atoms with van der Waals surface area (Å²) in [6, 6.07) is 4.93. The van der Waals surface area contributed by atoms with Gasteiger partial charge in [0, 0.05) is 43.9 Å². The molecule has 4 heterocycles. The van der Waals surface area contributed by atoms with Crippen molar-refractivity contribution in [2.75, 3.05) is 17.7 Å². The summed E-state index contributed by atoms with van der Waals surface area (Å²) in [6.45, 7) is 5.87. The van der Waals surface area contributed by atoms with E-state index in [1.807, 2.05) is 30.5 Å². The molecule has 0 aliphatic carbocycles. The van der Waals surface area contributed by atoms with Crippen molar-refractivity contribution in [3.63, 3.8) is 0 Å². The Labute approximate surface area is 194 Å². The minimum Gasteiger partial charge on any atom is -0.493 e. The molecule has 4 aromatic heterocycles. The van der Waals surface area contributed by atoms with E-state index in [-0.39, 0.29) is 17.5 Å². The fourth-order valence-corrected chi connectivity index (χ4v) is 3.48. The molecule has 0 unspecified atom stereocenters. The molecule has 0 radical (unpaired) electrons. The zero-order valence-electron chi connectivity index (χ0n) is 19.3. The van der Waals surface area contributed by atoms with E-state index in [9.17, 15) is 13.6 Å². The van der Waals surface area contributed by atoms with E-state index in [4.69, 9.17) is 4.74 Å². The van der Waals surface area contributed by atoms with Gasteiger partial charge in [-0.2, -0.15) is 8.78 Å². The van der Waals surface area contributed by atoms with Gasteiger partial charge in [-0.1, -0.05) is 0 Å². The van der Waals surface area contributed by atoms with E-state index in [1.165, 1.54) is 26.3 Å². The SMILES string of the molecule is COc1cnc(NC(C)=O)cc1Nc1cc(-c2cc(C)c3nc(C)cn3c2)nc(C(C)(F)F)n1. The van der Waals surface area contributed by atoms with Crippen molar-refractivity contribution in [1.29, 1.82) is 0 Å². The molecule has 0 atom stereocenters. The lowest BCUT2D eigenvalue weighted by molar-refractivity contribution is -0.114. The predicted octanol–water partition coefficient (Wildman–Crippen LogP) is 4.63. The average Bonchev–Trinajstić information content (AvgIpc) is 3.13. The maximum atomic E-state index is 14.3. The molecule has 0 fully saturated rings. The number of hydrogen-bond donors (Lipinski definition) is 2. The van der Waals surface area contributed by atoms with Crippen LogP contribution in [0.1, 0.15) is 30.9 Å². The molecule has 34 heavy (non-hydrogen) atoms. The highest BCUT2D eigenvalue weighted by molar-refractivity contribution is 5.88.